The number of nitrogens with zero attached hydrogens (tertiary/aromatic N) is 1. The van der Waals surface area contributed by atoms with Crippen molar-refractivity contribution in [1.82, 2.24) is 10.3 Å². The summed E-state index contributed by atoms with van der Waals surface area (Å²) in [6.45, 7) is 2.47. The minimum absolute atomic E-state index is 0. The molecule has 128 valence electrons. The fourth-order valence-electron chi connectivity index (χ4n) is 1.75. The van der Waals surface area contributed by atoms with Crippen molar-refractivity contribution in [2.24, 2.45) is 5.73 Å². The normalized spacial score (nSPS) is 10.9. The van der Waals surface area contributed by atoms with Crippen LogP contribution in [0.1, 0.15) is 23.8 Å². The molecule has 1 aromatic heterocycles. The molecule has 1 unspecified atom stereocenters. The van der Waals surface area contributed by atoms with Gasteiger partial charge in [-0.15, -0.1) is 36.2 Å². The Morgan fingerprint density at radius 2 is 2.00 bits per heavy atom. The lowest BCUT2D eigenvalue weighted by Gasteiger charge is -2.05. The molecule has 23 heavy (non-hydrogen) atoms. The van der Waals surface area contributed by atoms with Gasteiger partial charge in [-0.3, -0.25) is 4.79 Å². The number of hydrogen-bond donors (Lipinski definition) is 2. The Balaban J connectivity index is 0.00000242. The van der Waals surface area contributed by atoms with Gasteiger partial charge in [-0.2, -0.15) is 0 Å². The van der Waals surface area contributed by atoms with E-state index in [1.807, 2.05) is 31.2 Å². The van der Waals surface area contributed by atoms with E-state index in [0.29, 0.717) is 12.2 Å². The van der Waals surface area contributed by atoms with Gasteiger partial charge in [0.15, 0.2) is 0 Å². The maximum Gasteiger partial charge on any atom is 0.270 e. The minimum Gasteiger partial charge on any atom is -0.497 e. The number of hydrogen-bond acceptors (Lipinski definition) is 5. The van der Waals surface area contributed by atoms with E-state index in [-0.39, 0.29) is 36.8 Å². The Bertz CT molecular complexity index is 603. The first-order valence-electron chi connectivity index (χ1n) is 6.74. The number of rotatable bonds is 6. The van der Waals surface area contributed by atoms with E-state index in [0.717, 1.165) is 22.7 Å². The summed E-state index contributed by atoms with van der Waals surface area (Å²) >= 11 is 1.45. The van der Waals surface area contributed by atoms with E-state index in [2.05, 4.69) is 10.3 Å². The summed E-state index contributed by atoms with van der Waals surface area (Å²) in [5.41, 5.74) is 7.05. The van der Waals surface area contributed by atoms with Gasteiger partial charge in [0.25, 0.3) is 5.91 Å². The van der Waals surface area contributed by atoms with Crippen molar-refractivity contribution in [3.05, 3.63) is 35.3 Å². The number of aromatic nitrogens is 1. The molecule has 0 aliphatic heterocycles. The van der Waals surface area contributed by atoms with Crippen LogP contribution in [0.4, 0.5) is 0 Å². The van der Waals surface area contributed by atoms with Crippen molar-refractivity contribution in [2.45, 2.75) is 19.4 Å². The first-order valence-corrected chi connectivity index (χ1v) is 7.62. The minimum atomic E-state index is -0.160. The standard InChI is InChI=1S/C15H19N3O2S.2ClH/c1-10(16)7-8-17-14(19)13-9-21-15(18-13)11-3-5-12(20-2)6-4-11;;/h3-6,9-10H,7-8,16H2,1-2H3,(H,17,19);2*1H. The summed E-state index contributed by atoms with van der Waals surface area (Å²) in [6.07, 6.45) is 0.751. The molecule has 1 amide bonds. The number of halogens is 2. The first-order chi connectivity index (χ1) is 10.1. The number of amides is 1. The molecule has 1 aromatic carbocycles. The van der Waals surface area contributed by atoms with Gasteiger partial charge in [-0.25, -0.2) is 4.98 Å². The fraction of sp³-hybridized carbons (Fsp3) is 0.333. The zero-order valence-electron chi connectivity index (χ0n) is 12.9. The van der Waals surface area contributed by atoms with Gasteiger partial charge in [0.2, 0.25) is 0 Å². The maximum absolute atomic E-state index is 11.9. The van der Waals surface area contributed by atoms with Crippen LogP contribution in [0.15, 0.2) is 29.6 Å². The molecule has 0 aliphatic rings. The van der Waals surface area contributed by atoms with Crippen LogP contribution in [0.3, 0.4) is 0 Å². The van der Waals surface area contributed by atoms with E-state index in [9.17, 15) is 4.79 Å². The Kier molecular flexibility index (Phi) is 9.83. The monoisotopic (exact) mass is 377 g/mol. The lowest BCUT2D eigenvalue weighted by Crippen LogP contribution is -2.29. The van der Waals surface area contributed by atoms with Crippen LogP contribution in [0, 0.1) is 0 Å². The van der Waals surface area contributed by atoms with E-state index in [1.165, 1.54) is 11.3 Å². The van der Waals surface area contributed by atoms with Crippen molar-refractivity contribution >= 4 is 42.1 Å². The summed E-state index contributed by atoms with van der Waals surface area (Å²) < 4.78 is 5.12. The highest BCUT2D eigenvalue weighted by Crippen LogP contribution is 2.25. The van der Waals surface area contributed by atoms with Gasteiger partial charge in [0.05, 0.1) is 7.11 Å². The highest BCUT2D eigenvalue weighted by atomic mass is 35.5. The van der Waals surface area contributed by atoms with Crippen LogP contribution >= 0.6 is 36.2 Å². The Hall–Kier alpha value is -1.34. The fourth-order valence-corrected chi connectivity index (χ4v) is 2.55. The van der Waals surface area contributed by atoms with Crippen LogP contribution in [0.25, 0.3) is 10.6 Å². The van der Waals surface area contributed by atoms with Gasteiger partial charge in [-0.1, -0.05) is 0 Å². The van der Waals surface area contributed by atoms with Gasteiger partial charge in [0.1, 0.15) is 16.5 Å². The maximum atomic E-state index is 11.9. The Morgan fingerprint density at radius 3 is 2.57 bits per heavy atom. The topological polar surface area (TPSA) is 77.2 Å². The molecule has 0 spiro atoms. The molecule has 0 fully saturated rings. The predicted octanol–water partition coefficient (Wildman–Crippen LogP) is 3.13. The first kappa shape index (κ1) is 21.7. The second kappa shape index (κ2) is 10.4. The number of methoxy groups -OCH3 is 1. The molecule has 0 aliphatic carbocycles. The number of ether oxygens (including phenoxy) is 1. The molecule has 0 radical (unpaired) electrons. The number of carbonyl (C=O) groups is 1. The largest absolute Gasteiger partial charge is 0.497 e. The molecular weight excluding hydrogens is 357 g/mol. The van der Waals surface area contributed by atoms with E-state index in [1.54, 1.807) is 12.5 Å². The van der Waals surface area contributed by atoms with E-state index < -0.39 is 0 Å². The van der Waals surface area contributed by atoms with Gasteiger partial charge in [0, 0.05) is 23.5 Å². The molecule has 2 rings (SSSR count). The Morgan fingerprint density at radius 1 is 1.35 bits per heavy atom. The molecule has 2 aromatic rings. The summed E-state index contributed by atoms with van der Waals surface area (Å²) in [6, 6.07) is 7.68. The summed E-state index contributed by atoms with van der Waals surface area (Å²) in [7, 11) is 1.63. The van der Waals surface area contributed by atoms with Crippen LogP contribution in [-0.2, 0) is 0 Å². The molecule has 0 saturated carbocycles. The highest BCUT2D eigenvalue weighted by Gasteiger charge is 2.11. The quantitative estimate of drug-likeness (QED) is 0.810. The molecule has 1 atom stereocenters. The highest BCUT2D eigenvalue weighted by molar-refractivity contribution is 7.13. The number of thiazole rings is 1. The second-order valence-electron chi connectivity index (χ2n) is 4.79. The zero-order valence-corrected chi connectivity index (χ0v) is 15.4. The van der Waals surface area contributed by atoms with Gasteiger partial charge in [-0.05, 0) is 37.6 Å². The van der Waals surface area contributed by atoms with Crippen molar-refractivity contribution in [3.8, 4) is 16.3 Å². The molecule has 5 nitrogen and oxygen atoms in total. The van der Waals surface area contributed by atoms with Crippen LogP contribution in [0.5, 0.6) is 5.75 Å². The number of benzene rings is 1. The third-order valence-electron chi connectivity index (χ3n) is 2.96. The lowest BCUT2D eigenvalue weighted by atomic mass is 10.2. The van der Waals surface area contributed by atoms with Crippen molar-refractivity contribution in [2.75, 3.05) is 13.7 Å². The average molecular weight is 378 g/mol. The number of carbonyl (C=O) groups excluding carboxylic acids is 1. The number of nitrogens with one attached hydrogen (secondary N) is 1. The zero-order chi connectivity index (χ0) is 15.2. The second-order valence-corrected chi connectivity index (χ2v) is 5.65. The SMILES string of the molecule is COc1ccc(-c2nc(C(=O)NCCC(C)N)cs2)cc1.Cl.Cl. The summed E-state index contributed by atoms with van der Waals surface area (Å²) in [5, 5.41) is 5.40. The smallest absolute Gasteiger partial charge is 0.270 e. The predicted molar refractivity (Wildman–Crippen MR) is 99.2 cm³/mol. The molecule has 0 saturated heterocycles. The summed E-state index contributed by atoms with van der Waals surface area (Å²) in [5.74, 6) is 0.635. The number of nitrogens with two attached hydrogens (primary N) is 1. The molecule has 1 heterocycles. The van der Waals surface area contributed by atoms with Crippen molar-refractivity contribution < 1.29 is 9.53 Å². The van der Waals surface area contributed by atoms with Gasteiger partial charge < -0.3 is 15.8 Å². The molecule has 0 bridgehead atoms. The summed E-state index contributed by atoms with van der Waals surface area (Å²) in [4.78, 5) is 16.3. The van der Waals surface area contributed by atoms with Crippen molar-refractivity contribution in [1.29, 1.82) is 0 Å². The van der Waals surface area contributed by atoms with E-state index in [4.69, 9.17) is 10.5 Å². The van der Waals surface area contributed by atoms with E-state index >= 15 is 0 Å². The molecule has 8 heteroatoms. The Labute approximate surface area is 152 Å². The lowest BCUT2D eigenvalue weighted by molar-refractivity contribution is 0.0948. The van der Waals surface area contributed by atoms with Crippen LogP contribution < -0.4 is 15.8 Å². The van der Waals surface area contributed by atoms with Crippen LogP contribution in [0.2, 0.25) is 0 Å². The van der Waals surface area contributed by atoms with Gasteiger partial charge >= 0.3 is 0 Å². The van der Waals surface area contributed by atoms with Crippen molar-refractivity contribution in [3.63, 3.8) is 0 Å². The molecule has 3 N–H and O–H groups in total. The molecular formula is C15H21Cl2N3O2S. The third-order valence-corrected chi connectivity index (χ3v) is 3.85. The average Bonchev–Trinajstić information content (AvgIpc) is 2.97. The van der Waals surface area contributed by atoms with Crippen LogP contribution in [-0.4, -0.2) is 30.6 Å². The third kappa shape index (κ3) is 6.35.